The number of unbranched alkanes of at least 4 members (excludes halogenated alkanes) is 1. The maximum Gasteiger partial charge on any atom is 0.343 e. The van der Waals surface area contributed by atoms with Gasteiger partial charge in [0.15, 0.2) is 6.10 Å². The van der Waals surface area contributed by atoms with E-state index in [9.17, 15) is 9.59 Å². The number of hydrogen-bond donors (Lipinski definition) is 1. The number of ether oxygens (including phenoxy) is 1. The van der Waals surface area contributed by atoms with E-state index in [-0.39, 0.29) is 10.7 Å². The molecule has 0 saturated heterocycles. The summed E-state index contributed by atoms with van der Waals surface area (Å²) in [5, 5.41) is 15.9. The van der Waals surface area contributed by atoms with Crippen LogP contribution in [-0.4, -0.2) is 27.8 Å². The van der Waals surface area contributed by atoms with Gasteiger partial charge >= 0.3 is 5.97 Å². The third-order valence-electron chi connectivity index (χ3n) is 3.93. The van der Waals surface area contributed by atoms with E-state index >= 15 is 0 Å². The third-order valence-corrected chi connectivity index (χ3v) is 4.31. The van der Waals surface area contributed by atoms with Crippen molar-refractivity contribution in [3.8, 4) is 6.07 Å². The number of hydrogen-bond acceptors (Lipinski definition) is 5. The predicted molar refractivity (Wildman–Crippen MR) is 102 cm³/mol. The molecule has 0 saturated carbocycles. The zero-order valence-corrected chi connectivity index (χ0v) is 16.2. The van der Waals surface area contributed by atoms with E-state index < -0.39 is 18.0 Å². The monoisotopic (exact) mass is 388 g/mol. The molecule has 1 N–H and O–H groups in total. The van der Waals surface area contributed by atoms with Crippen LogP contribution in [0.5, 0.6) is 0 Å². The van der Waals surface area contributed by atoms with Crippen LogP contribution in [0.3, 0.4) is 0 Å². The van der Waals surface area contributed by atoms with Gasteiger partial charge in [0.05, 0.1) is 17.3 Å². The average Bonchev–Trinajstić information content (AvgIpc) is 2.93. The molecule has 0 fully saturated rings. The van der Waals surface area contributed by atoms with Gasteiger partial charge in [-0.25, -0.2) is 4.79 Å². The van der Waals surface area contributed by atoms with Crippen LogP contribution in [-0.2, 0) is 16.1 Å². The molecule has 2 aromatic rings. The highest BCUT2D eigenvalue weighted by Crippen LogP contribution is 2.22. The molecule has 2 rings (SSSR count). The number of nitrogens with zero attached hydrogens (tertiary/aromatic N) is 3. The largest absolute Gasteiger partial charge is 0.449 e. The summed E-state index contributed by atoms with van der Waals surface area (Å²) in [6, 6.07) is 8.37. The molecule has 1 atom stereocenters. The van der Waals surface area contributed by atoms with Crippen molar-refractivity contribution >= 4 is 29.2 Å². The van der Waals surface area contributed by atoms with Crippen LogP contribution in [0.15, 0.2) is 24.3 Å². The molecule has 1 heterocycles. The van der Waals surface area contributed by atoms with Gasteiger partial charge in [0.25, 0.3) is 5.91 Å². The number of anilines is 1. The third kappa shape index (κ3) is 5.08. The molecule has 0 aliphatic heterocycles. The molecule has 1 amide bonds. The number of rotatable bonds is 7. The number of aryl methyl sites for hydroxylation is 2. The quantitative estimate of drug-likeness (QED) is 0.729. The Kier molecular flexibility index (Phi) is 6.97. The second kappa shape index (κ2) is 9.19. The Morgan fingerprint density at radius 2 is 2.04 bits per heavy atom. The van der Waals surface area contributed by atoms with Crippen molar-refractivity contribution < 1.29 is 14.3 Å². The topological polar surface area (TPSA) is 97.0 Å². The van der Waals surface area contributed by atoms with Crippen molar-refractivity contribution in [1.29, 1.82) is 5.26 Å². The number of nitriles is 1. The van der Waals surface area contributed by atoms with Crippen LogP contribution in [0.25, 0.3) is 0 Å². The fourth-order valence-corrected chi connectivity index (χ4v) is 2.72. The molecule has 0 unspecified atom stereocenters. The van der Waals surface area contributed by atoms with Crippen molar-refractivity contribution in [3.63, 3.8) is 0 Å². The van der Waals surface area contributed by atoms with Gasteiger partial charge in [-0.05, 0) is 44.5 Å². The molecule has 0 spiro atoms. The maximum atomic E-state index is 12.4. The predicted octanol–water partition coefficient (Wildman–Crippen LogP) is 3.70. The minimum Gasteiger partial charge on any atom is -0.449 e. The maximum absolute atomic E-state index is 12.4. The molecule has 0 aliphatic carbocycles. The van der Waals surface area contributed by atoms with Crippen molar-refractivity contribution in [2.24, 2.45) is 0 Å². The van der Waals surface area contributed by atoms with Gasteiger partial charge in [-0.2, -0.15) is 10.4 Å². The second-order valence-corrected chi connectivity index (χ2v) is 6.41. The van der Waals surface area contributed by atoms with Gasteiger partial charge in [-0.3, -0.25) is 9.48 Å². The number of amides is 1. The Morgan fingerprint density at radius 1 is 1.37 bits per heavy atom. The fourth-order valence-electron chi connectivity index (χ4n) is 2.39. The molecule has 1 aromatic carbocycles. The van der Waals surface area contributed by atoms with Crippen molar-refractivity contribution in [2.75, 3.05) is 5.32 Å². The fraction of sp³-hybridized carbons (Fsp3) is 0.368. The Hall–Kier alpha value is -2.85. The van der Waals surface area contributed by atoms with Gasteiger partial charge in [0, 0.05) is 12.2 Å². The Bertz CT molecular complexity index is 868. The summed E-state index contributed by atoms with van der Waals surface area (Å²) >= 11 is 6.25. The summed E-state index contributed by atoms with van der Waals surface area (Å²) in [6.07, 6.45) is 0.836. The van der Waals surface area contributed by atoms with Crippen molar-refractivity contribution in [3.05, 3.63) is 46.2 Å². The molecule has 142 valence electrons. The average molecular weight is 389 g/mol. The Labute approximate surface area is 162 Å². The second-order valence-electron chi connectivity index (χ2n) is 6.05. The number of halogens is 1. The number of carbonyl (C=O) groups excluding carboxylic acids is 2. The SMILES string of the molecule is CCCCn1nc(C)c(C(=O)O[C@@H](C)C(=O)Nc2ccc(C#N)cc2)c1Cl. The summed E-state index contributed by atoms with van der Waals surface area (Å²) < 4.78 is 6.82. The molecule has 0 aliphatic rings. The number of esters is 1. The Morgan fingerprint density at radius 3 is 2.63 bits per heavy atom. The van der Waals surface area contributed by atoms with E-state index in [4.69, 9.17) is 21.6 Å². The molecular formula is C19H21ClN4O3. The van der Waals surface area contributed by atoms with E-state index in [1.807, 2.05) is 13.0 Å². The van der Waals surface area contributed by atoms with Crippen molar-refractivity contribution in [2.45, 2.75) is 46.3 Å². The lowest BCUT2D eigenvalue weighted by Crippen LogP contribution is -2.30. The zero-order chi connectivity index (χ0) is 20.0. The van der Waals surface area contributed by atoms with Crippen LogP contribution < -0.4 is 5.32 Å². The lowest BCUT2D eigenvalue weighted by molar-refractivity contribution is -0.123. The minimum absolute atomic E-state index is 0.172. The molecule has 8 heteroatoms. The molecular weight excluding hydrogens is 368 g/mol. The van der Waals surface area contributed by atoms with E-state index in [1.165, 1.54) is 6.92 Å². The number of aromatic nitrogens is 2. The van der Waals surface area contributed by atoms with Gasteiger partial charge in [-0.1, -0.05) is 24.9 Å². The van der Waals surface area contributed by atoms with Gasteiger partial charge in [0.2, 0.25) is 0 Å². The van der Waals surface area contributed by atoms with E-state index in [2.05, 4.69) is 10.4 Å². The number of carbonyl (C=O) groups is 2. The smallest absolute Gasteiger partial charge is 0.343 e. The summed E-state index contributed by atoms with van der Waals surface area (Å²) in [5.41, 5.74) is 1.62. The number of nitrogens with one attached hydrogen (secondary N) is 1. The Balaban J connectivity index is 2.03. The summed E-state index contributed by atoms with van der Waals surface area (Å²) in [7, 11) is 0. The lowest BCUT2D eigenvalue weighted by Gasteiger charge is -2.13. The summed E-state index contributed by atoms with van der Waals surface area (Å²) in [5.74, 6) is -1.18. The standard InChI is InChI=1S/C19H21ClN4O3/c1-4-5-10-24-17(20)16(12(2)23-24)19(26)27-13(3)18(25)22-15-8-6-14(11-21)7-9-15/h6-9,13H,4-5,10H2,1-3H3,(H,22,25)/t13-/m0/s1. The summed E-state index contributed by atoms with van der Waals surface area (Å²) in [4.78, 5) is 24.7. The van der Waals surface area contributed by atoms with Crippen LogP contribution in [0, 0.1) is 18.3 Å². The molecule has 0 bridgehead atoms. The van der Waals surface area contributed by atoms with Gasteiger partial charge in [0.1, 0.15) is 10.7 Å². The zero-order valence-electron chi connectivity index (χ0n) is 15.5. The van der Waals surface area contributed by atoms with E-state index in [0.29, 0.717) is 23.5 Å². The molecule has 1 aromatic heterocycles. The highest BCUT2D eigenvalue weighted by molar-refractivity contribution is 6.32. The first kappa shape index (κ1) is 20.5. The van der Waals surface area contributed by atoms with Crippen LogP contribution in [0.2, 0.25) is 5.15 Å². The lowest BCUT2D eigenvalue weighted by atomic mass is 10.2. The first-order valence-corrected chi connectivity index (χ1v) is 9.00. The normalized spacial score (nSPS) is 11.5. The van der Waals surface area contributed by atoms with Crippen LogP contribution >= 0.6 is 11.6 Å². The van der Waals surface area contributed by atoms with Crippen LogP contribution in [0.4, 0.5) is 5.69 Å². The highest BCUT2D eigenvalue weighted by atomic mass is 35.5. The van der Waals surface area contributed by atoms with Crippen molar-refractivity contribution in [1.82, 2.24) is 9.78 Å². The first-order valence-electron chi connectivity index (χ1n) is 8.62. The van der Waals surface area contributed by atoms with Gasteiger partial charge < -0.3 is 10.1 Å². The minimum atomic E-state index is -1.03. The summed E-state index contributed by atoms with van der Waals surface area (Å²) in [6.45, 7) is 5.81. The molecule has 0 radical (unpaired) electrons. The van der Waals surface area contributed by atoms with Gasteiger partial charge in [-0.15, -0.1) is 0 Å². The van der Waals surface area contributed by atoms with Crippen LogP contribution in [0.1, 0.15) is 48.3 Å². The molecule has 7 nitrogen and oxygen atoms in total. The molecule has 27 heavy (non-hydrogen) atoms. The first-order chi connectivity index (χ1) is 12.9. The van der Waals surface area contributed by atoms with E-state index in [0.717, 1.165) is 12.8 Å². The number of benzene rings is 1. The van der Waals surface area contributed by atoms with E-state index in [1.54, 1.807) is 35.9 Å². The highest BCUT2D eigenvalue weighted by Gasteiger charge is 2.25.